The Balaban J connectivity index is 1.58. The number of rotatable bonds is 7. The molecule has 0 bridgehead atoms. The van der Waals surface area contributed by atoms with Crippen LogP contribution in [0.5, 0.6) is 0 Å². The van der Waals surface area contributed by atoms with Crippen LogP contribution in [-0.4, -0.2) is 42.8 Å². The van der Waals surface area contributed by atoms with Gasteiger partial charge in [0.25, 0.3) is 5.91 Å². The highest BCUT2D eigenvalue weighted by Crippen LogP contribution is 2.21. The number of anilines is 2. The molecule has 1 aliphatic heterocycles. The van der Waals surface area contributed by atoms with Crippen LogP contribution in [0.2, 0.25) is 0 Å². The first-order valence-electron chi connectivity index (χ1n) is 10.0. The molecule has 6 heteroatoms. The van der Waals surface area contributed by atoms with Crippen molar-refractivity contribution in [2.75, 3.05) is 30.4 Å². The summed E-state index contributed by atoms with van der Waals surface area (Å²) in [5, 5.41) is 2.87. The van der Waals surface area contributed by atoms with E-state index in [-0.39, 0.29) is 30.1 Å². The van der Waals surface area contributed by atoms with Crippen molar-refractivity contribution in [1.29, 1.82) is 0 Å². The normalized spacial score (nSPS) is 16.0. The largest absolute Gasteiger partial charge is 0.342 e. The summed E-state index contributed by atoms with van der Waals surface area (Å²) < 4.78 is 0. The van der Waals surface area contributed by atoms with Crippen molar-refractivity contribution in [3.8, 4) is 0 Å². The van der Waals surface area contributed by atoms with E-state index in [9.17, 15) is 14.4 Å². The third-order valence-corrected chi connectivity index (χ3v) is 5.21. The fraction of sp³-hybridized carbons (Fsp3) is 0.348. The molecule has 0 radical (unpaired) electrons. The minimum absolute atomic E-state index is 0.0449. The Morgan fingerprint density at radius 2 is 1.79 bits per heavy atom. The number of likely N-dealkylation sites (tertiary alicyclic amines) is 1. The number of amides is 3. The maximum absolute atomic E-state index is 12.6. The average Bonchev–Trinajstić information content (AvgIpc) is 3.13. The second kappa shape index (κ2) is 9.37. The first-order chi connectivity index (χ1) is 14.0. The average molecular weight is 393 g/mol. The van der Waals surface area contributed by atoms with Crippen LogP contribution in [-0.2, 0) is 9.59 Å². The van der Waals surface area contributed by atoms with E-state index in [2.05, 4.69) is 12.2 Å². The van der Waals surface area contributed by atoms with Gasteiger partial charge in [0.2, 0.25) is 11.8 Å². The van der Waals surface area contributed by atoms with E-state index < -0.39 is 0 Å². The number of nitrogens with zero attached hydrogens (tertiary/aromatic N) is 2. The van der Waals surface area contributed by atoms with E-state index in [1.54, 1.807) is 41.1 Å². The summed E-state index contributed by atoms with van der Waals surface area (Å²) in [6, 6.07) is 16.3. The smallest absolute Gasteiger partial charge is 0.258 e. The summed E-state index contributed by atoms with van der Waals surface area (Å²) in [5.74, 6) is -0.562. The number of para-hydroxylation sites is 1. The highest BCUT2D eigenvalue weighted by Gasteiger charge is 2.33. The molecule has 3 amide bonds. The van der Waals surface area contributed by atoms with Gasteiger partial charge in [0, 0.05) is 43.5 Å². The summed E-state index contributed by atoms with van der Waals surface area (Å²) in [5.41, 5.74) is 1.97. The molecule has 1 atom stereocenters. The third kappa shape index (κ3) is 5.02. The van der Waals surface area contributed by atoms with Gasteiger partial charge in [-0.2, -0.15) is 0 Å². The zero-order valence-corrected chi connectivity index (χ0v) is 16.9. The first-order valence-corrected chi connectivity index (χ1v) is 10.0. The van der Waals surface area contributed by atoms with Gasteiger partial charge in [-0.25, -0.2) is 0 Å². The maximum Gasteiger partial charge on any atom is 0.258 e. The Hall–Kier alpha value is -3.15. The van der Waals surface area contributed by atoms with E-state index in [0.717, 1.165) is 18.5 Å². The van der Waals surface area contributed by atoms with Crippen LogP contribution in [0.15, 0.2) is 54.6 Å². The van der Waals surface area contributed by atoms with Crippen molar-refractivity contribution in [3.05, 3.63) is 60.2 Å². The molecule has 1 fully saturated rings. The van der Waals surface area contributed by atoms with E-state index in [1.807, 2.05) is 30.3 Å². The van der Waals surface area contributed by atoms with Crippen LogP contribution in [0.3, 0.4) is 0 Å². The summed E-state index contributed by atoms with van der Waals surface area (Å²) in [4.78, 5) is 40.6. The number of carbonyl (C=O) groups excluding carboxylic acids is 3. The molecule has 0 saturated carbocycles. The first kappa shape index (κ1) is 20.6. The van der Waals surface area contributed by atoms with Gasteiger partial charge in [-0.05, 0) is 42.8 Å². The fourth-order valence-corrected chi connectivity index (χ4v) is 3.42. The number of hydrogen-bond donors (Lipinski definition) is 1. The topological polar surface area (TPSA) is 69.7 Å². The molecule has 1 N–H and O–H groups in total. The molecule has 1 heterocycles. The number of unbranched alkanes of at least 4 members (excludes halogenated alkanes) is 1. The summed E-state index contributed by atoms with van der Waals surface area (Å²) in [7, 11) is 1.73. The molecule has 1 saturated heterocycles. The zero-order chi connectivity index (χ0) is 20.8. The molecule has 2 aromatic carbocycles. The quantitative estimate of drug-likeness (QED) is 0.782. The van der Waals surface area contributed by atoms with Gasteiger partial charge in [0.05, 0.1) is 5.92 Å². The van der Waals surface area contributed by atoms with Crippen LogP contribution < -0.4 is 10.2 Å². The van der Waals surface area contributed by atoms with Gasteiger partial charge in [0.1, 0.15) is 0 Å². The third-order valence-electron chi connectivity index (χ3n) is 5.21. The van der Waals surface area contributed by atoms with Crippen LogP contribution in [0.1, 0.15) is 36.5 Å². The predicted molar refractivity (Wildman–Crippen MR) is 114 cm³/mol. The molecule has 2 aromatic rings. The lowest BCUT2D eigenvalue weighted by Crippen LogP contribution is -2.29. The van der Waals surface area contributed by atoms with Crippen LogP contribution in [0, 0.1) is 5.92 Å². The second-order valence-corrected chi connectivity index (χ2v) is 7.36. The molecule has 3 rings (SSSR count). The fourth-order valence-electron chi connectivity index (χ4n) is 3.42. The van der Waals surface area contributed by atoms with Gasteiger partial charge >= 0.3 is 0 Å². The summed E-state index contributed by atoms with van der Waals surface area (Å²) in [6.07, 6.45) is 2.23. The van der Waals surface area contributed by atoms with Gasteiger partial charge in [-0.3, -0.25) is 14.4 Å². The van der Waals surface area contributed by atoms with E-state index in [1.165, 1.54) is 0 Å². The molecular formula is C23H27N3O3. The lowest BCUT2D eigenvalue weighted by molar-refractivity contribution is -0.128. The maximum atomic E-state index is 12.6. The van der Waals surface area contributed by atoms with Crippen molar-refractivity contribution in [2.24, 2.45) is 5.92 Å². The van der Waals surface area contributed by atoms with Crippen LogP contribution in [0.4, 0.5) is 11.4 Å². The highest BCUT2D eigenvalue weighted by atomic mass is 16.2. The molecule has 0 spiro atoms. The Bertz CT molecular complexity index is 865. The number of nitrogens with one attached hydrogen (secondary N) is 1. The Morgan fingerprint density at radius 1 is 1.10 bits per heavy atom. The van der Waals surface area contributed by atoms with Crippen LogP contribution >= 0.6 is 0 Å². The van der Waals surface area contributed by atoms with Gasteiger partial charge in [0.15, 0.2) is 0 Å². The van der Waals surface area contributed by atoms with E-state index >= 15 is 0 Å². The van der Waals surface area contributed by atoms with Crippen molar-refractivity contribution < 1.29 is 14.4 Å². The Labute approximate surface area is 171 Å². The molecule has 0 aliphatic carbocycles. The van der Waals surface area contributed by atoms with Gasteiger partial charge in [-0.15, -0.1) is 0 Å². The standard InChI is InChI=1S/C23H27N3O3/c1-3-4-14-26-16-18(15-21(26)27)22(28)24-19-12-10-17(11-13-19)23(29)25(2)20-8-6-5-7-9-20/h5-13,18H,3-4,14-16H2,1-2H3,(H,24,28). The molecule has 152 valence electrons. The Morgan fingerprint density at radius 3 is 2.45 bits per heavy atom. The highest BCUT2D eigenvalue weighted by molar-refractivity contribution is 6.06. The molecule has 1 aliphatic rings. The number of carbonyl (C=O) groups is 3. The van der Waals surface area contributed by atoms with Crippen molar-refractivity contribution in [1.82, 2.24) is 4.90 Å². The minimum Gasteiger partial charge on any atom is -0.342 e. The summed E-state index contributed by atoms with van der Waals surface area (Å²) >= 11 is 0. The predicted octanol–water partition coefficient (Wildman–Crippen LogP) is 3.55. The van der Waals surface area contributed by atoms with E-state index in [0.29, 0.717) is 24.3 Å². The SMILES string of the molecule is CCCCN1CC(C(=O)Nc2ccc(C(=O)N(C)c3ccccc3)cc2)CC1=O. The lowest BCUT2D eigenvalue weighted by atomic mass is 10.1. The molecular weight excluding hydrogens is 366 g/mol. The van der Waals surface area contributed by atoms with Crippen molar-refractivity contribution in [3.63, 3.8) is 0 Å². The van der Waals surface area contributed by atoms with Crippen LogP contribution in [0.25, 0.3) is 0 Å². The van der Waals surface area contributed by atoms with Crippen molar-refractivity contribution >= 4 is 29.1 Å². The van der Waals surface area contributed by atoms with E-state index in [4.69, 9.17) is 0 Å². The van der Waals surface area contributed by atoms with Gasteiger partial charge in [-0.1, -0.05) is 31.5 Å². The lowest BCUT2D eigenvalue weighted by Gasteiger charge is -2.18. The molecule has 6 nitrogen and oxygen atoms in total. The molecule has 0 aromatic heterocycles. The minimum atomic E-state index is -0.329. The number of benzene rings is 2. The second-order valence-electron chi connectivity index (χ2n) is 7.36. The summed E-state index contributed by atoms with van der Waals surface area (Å²) in [6.45, 7) is 3.27. The zero-order valence-electron chi connectivity index (χ0n) is 16.9. The van der Waals surface area contributed by atoms with Gasteiger partial charge < -0.3 is 15.1 Å². The monoisotopic (exact) mass is 393 g/mol. The number of hydrogen-bond acceptors (Lipinski definition) is 3. The molecule has 29 heavy (non-hydrogen) atoms. The molecule has 1 unspecified atom stereocenters. The van der Waals surface area contributed by atoms with Crippen molar-refractivity contribution in [2.45, 2.75) is 26.2 Å². The Kier molecular flexibility index (Phi) is 6.65.